The van der Waals surface area contributed by atoms with Gasteiger partial charge in [0.1, 0.15) is 11.3 Å². The number of thiophene rings is 1. The van der Waals surface area contributed by atoms with E-state index in [1.54, 1.807) is 11.3 Å². The number of aryl methyl sites for hydroxylation is 1. The highest BCUT2D eigenvalue weighted by Gasteiger charge is 2.10. The van der Waals surface area contributed by atoms with Crippen LogP contribution in [0, 0.1) is 6.92 Å². The van der Waals surface area contributed by atoms with Crippen LogP contribution in [0.15, 0.2) is 35.8 Å². The molecule has 3 aromatic heterocycles. The Hall–Kier alpha value is -1.65. The predicted octanol–water partition coefficient (Wildman–Crippen LogP) is 2.86. The van der Waals surface area contributed by atoms with Crippen LogP contribution in [0.1, 0.15) is 11.3 Å². The third-order valence-electron chi connectivity index (χ3n) is 2.87. The Labute approximate surface area is 103 Å². The quantitative estimate of drug-likeness (QED) is 0.752. The summed E-state index contributed by atoms with van der Waals surface area (Å²) >= 11 is 1.69. The van der Waals surface area contributed by atoms with Gasteiger partial charge in [0.2, 0.25) is 0 Å². The van der Waals surface area contributed by atoms with Gasteiger partial charge in [-0.1, -0.05) is 6.07 Å². The predicted molar refractivity (Wildman–Crippen MR) is 69.2 cm³/mol. The number of rotatable bonds is 2. The molecule has 0 saturated heterocycles. The second-order valence-corrected chi connectivity index (χ2v) is 4.89. The van der Waals surface area contributed by atoms with E-state index in [-0.39, 0.29) is 6.61 Å². The number of nitrogens with zero attached hydrogens (tertiary/aromatic N) is 2. The lowest BCUT2D eigenvalue weighted by molar-refractivity contribution is 0.282. The Morgan fingerprint density at radius 1 is 1.41 bits per heavy atom. The fourth-order valence-electron chi connectivity index (χ4n) is 1.95. The number of hydrogen-bond acceptors (Lipinski definition) is 3. The number of hydrogen-bond donors (Lipinski definition) is 1. The van der Waals surface area contributed by atoms with E-state index in [1.165, 1.54) is 4.88 Å². The molecule has 3 nitrogen and oxygen atoms in total. The first-order valence-electron chi connectivity index (χ1n) is 5.42. The second-order valence-electron chi connectivity index (χ2n) is 3.94. The van der Waals surface area contributed by atoms with Gasteiger partial charge >= 0.3 is 0 Å². The summed E-state index contributed by atoms with van der Waals surface area (Å²) < 4.78 is 2.05. The van der Waals surface area contributed by atoms with E-state index in [4.69, 9.17) is 5.11 Å². The summed E-state index contributed by atoms with van der Waals surface area (Å²) in [5, 5.41) is 11.2. The fraction of sp³-hybridized carbons (Fsp3) is 0.154. The zero-order valence-electron chi connectivity index (χ0n) is 9.42. The van der Waals surface area contributed by atoms with E-state index in [0.717, 1.165) is 22.6 Å². The number of aliphatic hydroxyl groups is 1. The highest BCUT2D eigenvalue weighted by Crippen LogP contribution is 2.27. The van der Waals surface area contributed by atoms with Gasteiger partial charge in [-0.2, -0.15) is 0 Å². The highest BCUT2D eigenvalue weighted by molar-refractivity contribution is 7.13. The molecule has 3 rings (SSSR count). The van der Waals surface area contributed by atoms with Crippen LogP contribution in [0.4, 0.5) is 0 Å². The molecule has 0 atom stereocenters. The Morgan fingerprint density at radius 2 is 2.29 bits per heavy atom. The normalized spacial score (nSPS) is 11.2. The summed E-state index contributed by atoms with van der Waals surface area (Å²) in [6.07, 6.45) is 1.96. The number of aliphatic hydroxyl groups excluding tert-OH is 1. The molecule has 0 fully saturated rings. The first-order valence-corrected chi connectivity index (χ1v) is 6.30. The van der Waals surface area contributed by atoms with E-state index in [9.17, 15) is 0 Å². The summed E-state index contributed by atoms with van der Waals surface area (Å²) in [6, 6.07) is 7.94. The maximum Gasteiger partial charge on any atom is 0.138 e. The van der Waals surface area contributed by atoms with E-state index in [0.29, 0.717) is 0 Å². The summed E-state index contributed by atoms with van der Waals surface area (Å²) in [5.41, 5.74) is 3.93. The number of aromatic nitrogens is 2. The fourth-order valence-corrected chi connectivity index (χ4v) is 2.72. The van der Waals surface area contributed by atoms with Gasteiger partial charge in [0.25, 0.3) is 0 Å². The van der Waals surface area contributed by atoms with Gasteiger partial charge in [0, 0.05) is 11.9 Å². The molecule has 1 N–H and O–H groups in total. The lowest BCUT2D eigenvalue weighted by Crippen LogP contribution is -1.90. The third-order valence-corrected chi connectivity index (χ3v) is 3.74. The molecule has 4 heteroatoms. The standard InChI is InChI=1S/C13H12N2OS/c1-9-13(11-3-2-6-17-11)14-12-7-10(8-16)4-5-15(9)12/h2-7,16H,8H2,1H3. The lowest BCUT2D eigenvalue weighted by atomic mass is 10.3. The van der Waals surface area contributed by atoms with Crippen molar-refractivity contribution in [3.05, 3.63) is 47.1 Å². The van der Waals surface area contributed by atoms with Crippen LogP contribution in [-0.4, -0.2) is 14.5 Å². The first kappa shape index (κ1) is 10.5. The zero-order valence-corrected chi connectivity index (χ0v) is 10.2. The molecule has 0 aromatic carbocycles. The first-order chi connectivity index (χ1) is 8.29. The van der Waals surface area contributed by atoms with Crippen molar-refractivity contribution in [2.24, 2.45) is 0 Å². The van der Waals surface area contributed by atoms with Crippen LogP contribution in [0.5, 0.6) is 0 Å². The second kappa shape index (κ2) is 3.98. The van der Waals surface area contributed by atoms with Crippen molar-refractivity contribution >= 4 is 17.0 Å². The van der Waals surface area contributed by atoms with Crippen LogP contribution in [0.2, 0.25) is 0 Å². The molecular formula is C13H12N2OS. The van der Waals surface area contributed by atoms with Crippen molar-refractivity contribution in [1.82, 2.24) is 9.38 Å². The van der Waals surface area contributed by atoms with Crippen LogP contribution in [0.25, 0.3) is 16.2 Å². The Morgan fingerprint density at radius 3 is 3.00 bits per heavy atom. The summed E-state index contributed by atoms with van der Waals surface area (Å²) in [7, 11) is 0. The molecule has 0 amide bonds. The van der Waals surface area contributed by atoms with Crippen LogP contribution < -0.4 is 0 Å². The molecule has 86 valence electrons. The molecule has 17 heavy (non-hydrogen) atoms. The number of pyridine rings is 1. The summed E-state index contributed by atoms with van der Waals surface area (Å²) in [6.45, 7) is 2.12. The SMILES string of the molecule is Cc1c(-c2cccs2)nc2cc(CO)ccn12. The third kappa shape index (κ3) is 1.66. The summed E-state index contributed by atoms with van der Waals surface area (Å²) in [5.74, 6) is 0. The molecule has 0 aliphatic heterocycles. The Balaban J connectivity index is 2.24. The van der Waals surface area contributed by atoms with Crippen molar-refractivity contribution in [3.63, 3.8) is 0 Å². The molecule has 3 aromatic rings. The van der Waals surface area contributed by atoms with Crippen molar-refractivity contribution in [3.8, 4) is 10.6 Å². The molecule has 0 radical (unpaired) electrons. The maximum absolute atomic E-state index is 9.12. The van der Waals surface area contributed by atoms with E-state index >= 15 is 0 Å². The Bertz CT molecular complexity index is 655. The van der Waals surface area contributed by atoms with Gasteiger partial charge in [-0.25, -0.2) is 4.98 Å². The van der Waals surface area contributed by atoms with Crippen LogP contribution in [0.3, 0.4) is 0 Å². The number of imidazole rings is 1. The molecule has 3 heterocycles. The molecule has 0 saturated carbocycles. The molecule has 0 bridgehead atoms. The minimum atomic E-state index is 0.0523. The largest absolute Gasteiger partial charge is 0.392 e. The lowest BCUT2D eigenvalue weighted by Gasteiger charge is -1.98. The van der Waals surface area contributed by atoms with Gasteiger partial charge in [-0.3, -0.25) is 0 Å². The molecular weight excluding hydrogens is 232 g/mol. The average Bonchev–Trinajstić information content (AvgIpc) is 2.97. The van der Waals surface area contributed by atoms with Crippen molar-refractivity contribution in [1.29, 1.82) is 0 Å². The van der Waals surface area contributed by atoms with E-state index in [2.05, 4.69) is 23.4 Å². The minimum Gasteiger partial charge on any atom is -0.392 e. The van der Waals surface area contributed by atoms with E-state index in [1.807, 2.05) is 28.8 Å². The maximum atomic E-state index is 9.12. The average molecular weight is 244 g/mol. The van der Waals surface area contributed by atoms with Crippen molar-refractivity contribution < 1.29 is 5.11 Å². The highest BCUT2D eigenvalue weighted by atomic mass is 32.1. The van der Waals surface area contributed by atoms with Crippen molar-refractivity contribution in [2.45, 2.75) is 13.5 Å². The van der Waals surface area contributed by atoms with Gasteiger partial charge < -0.3 is 9.51 Å². The zero-order chi connectivity index (χ0) is 11.8. The van der Waals surface area contributed by atoms with Crippen LogP contribution >= 0.6 is 11.3 Å². The smallest absolute Gasteiger partial charge is 0.138 e. The topological polar surface area (TPSA) is 37.5 Å². The van der Waals surface area contributed by atoms with Crippen molar-refractivity contribution in [2.75, 3.05) is 0 Å². The van der Waals surface area contributed by atoms with Gasteiger partial charge in [0.15, 0.2) is 0 Å². The number of fused-ring (bicyclic) bond motifs is 1. The van der Waals surface area contributed by atoms with Gasteiger partial charge in [0.05, 0.1) is 11.5 Å². The van der Waals surface area contributed by atoms with Crippen LogP contribution in [-0.2, 0) is 6.61 Å². The molecule has 0 aliphatic rings. The molecule has 0 spiro atoms. The summed E-state index contributed by atoms with van der Waals surface area (Å²) in [4.78, 5) is 5.80. The Kier molecular flexibility index (Phi) is 2.46. The minimum absolute atomic E-state index is 0.0523. The van der Waals surface area contributed by atoms with Gasteiger partial charge in [-0.05, 0) is 36.1 Å². The molecule has 0 unspecified atom stereocenters. The monoisotopic (exact) mass is 244 g/mol. The van der Waals surface area contributed by atoms with Gasteiger partial charge in [-0.15, -0.1) is 11.3 Å². The van der Waals surface area contributed by atoms with E-state index < -0.39 is 0 Å². The molecule has 0 aliphatic carbocycles.